The molecule has 0 N–H and O–H groups in total. The maximum Gasteiger partial charge on any atom is 0.271 e. The minimum Gasteiger partial charge on any atom is -0.258 e. The van der Waals surface area contributed by atoms with Crippen LogP contribution in [0, 0.1) is 17.0 Å². The van der Waals surface area contributed by atoms with Crippen molar-refractivity contribution in [3.05, 3.63) is 45.8 Å². The first kappa shape index (κ1) is 11.7. The zero-order valence-corrected chi connectivity index (χ0v) is 10.6. The van der Waals surface area contributed by atoms with Crippen LogP contribution in [-0.2, 0) is 5.33 Å². The molecule has 0 unspecified atom stereocenters. The first-order chi connectivity index (χ1) is 8.11. The van der Waals surface area contributed by atoms with Gasteiger partial charge in [0.15, 0.2) is 0 Å². The van der Waals surface area contributed by atoms with Crippen LogP contribution < -0.4 is 0 Å². The molecule has 0 spiro atoms. The van der Waals surface area contributed by atoms with Crippen molar-refractivity contribution in [2.75, 3.05) is 0 Å². The van der Waals surface area contributed by atoms with Gasteiger partial charge in [0.2, 0.25) is 0 Å². The Morgan fingerprint density at radius 2 is 2.29 bits per heavy atom. The number of aromatic nitrogens is 3. The molecule has 0 fully saturated rings. The summed E-state index contributed by atoms with van der Waals surface area (Å²) in [4.78, 5) is 10.3. The number of nitro benzene ring substituents is 1. The van der Waals surface area contributed by atoms with E-state index in [2.05, 4.69) is 26.2 Å². The van der Waals surface area contributed by atoms with Gasteiger partial charge in [0.1, 0.15) is 0 Å². The van der Waals surface area contributed by atoms with Gasteiger partial charge >= 0.3 is 0 Å². The number of non-ortho nitro benzene ring substituents is 1. The van der Waals surface area contributed by atoms with Crippen LogP contribution in [0.3, 0.4) is 0 Å². The van der Waals surface area contributed by atoms with E-state index >= 15 is 0 Å². The zero-order chi connectivity index (χ0) is 12.4. The molecule has 0 saturated heterocycles. The van der Waals surface area contributed by atoms with Gasteiger partial charge in [-0.15, -0.1) is 5.10 Å². The molecule has 1 aromatic carbocycles. The second-order valence-corrected chi connectivity index (χ2v) is 4.08. The number of alkyl halides is 1. The van der Waals surface area contributed by atoms with Crippen LogP contribution in [0.5, 0.6) is 0 Å². The van der Waals surface area contributed by atoms with Crippen LogP contribution in [0.15, 0.2) is 24.4 Å². The van der Waals surface area contributed by atoms with E-state index in [9.17, 15) is 10.1 Å². The number of rotatable bonds is 3. The van der Waals surface area contributed by atoms with E-state index in [1.807, 2.05) is 6.92 Å². The predicted octanol–water partition coefficient (Wildman–Crippen LogP) is 2.38. The lowest BCUT2D eigenvalue weighted by Gasteiger charge is -2.03. The second-order valence-electron chi connectivity index (χ2n) is 3.52. The summed E-state index contributed by atoms with van der Waals surface area (Å²) in [5, 5.41) is 19.2. The molecule has 0 amide bonds. The molecule has 88 valence electrons. The first-order valence-corrected chi connectivity index (χ1v) is 5.96. The predicted molar refractivity (Wildman–Crippen MR) is 65.4 cm³/mol. The van der Waals surface area contributed by atoms with E-state index in [0.29, 0.717) is 11.0 Å². The minimum absolute atomic E-state index is 0.0430. The maximum absolute atomic E-state index is 10.7. The molecule has 2 aromatic rings. The lowest BCUT2D eigenvalue weighted by molar-refractivity contribution is -0.384. The van der Waals surface area contributed by atoms with Crippen LogP contribution in [0.4, 0.5) is 5.69 Å². The van der Waals surface area contributed by atoms with Crippen molar-refractivity contribution in [1.82, 2.24) is 15.0 Å². The van der Waals surface area contributed by atoms with Crippen molar-refractivity contribution < 1.29 is 4.92 Å². The Bertz CT molecular complexity index is 567. The first-order valence-electron chi connectivity index (χ1n) is 4.84. The summed E-state index contributed by atoms with van der Waals surface area (Å²) in [6.45, 7) is 1.87. The average Bonchev–Trinajstić information content (AvgIpc) is 2.77. The summed E-state index contributed by atoms with van der Waals surface area (Å²) in [6, 6.07) is 4.66. The summed E-state index contributed by atoms with van der Waals surface area (Å²) in [7, 11) is 0. The average molecular weight is 297 g/mol. The molecule has 1 aromatic heterocycles. The Labute approximate surface area is 106 Å². The maximum atomic E-state index is 10.7. The lowest BCUT2D eigenvalue weighted by atomic mass is 10.2. The van der Waals surface area contributed by atoms with Crippen molar-refractivity contribution in [2.24, 2.45) is 0 Å². The van der Waals surface area contributed by atoms with E-state index < -0.39 is 4.92 Å². The largest absolute Gasteiger partial charge is 0.271 e. The summed E-state index contributed by atoms with van der Waals surface area (Å²) in [5.41, 5.74) is 2.39. The molecule has 2 rings (SSSR count). The number of hydrogen-bond acceptors (Lipinski definition) is 4. The van der Waals surface area contributed by atoms with Gasteiger partial charge in [-0.3, -0.25) is 10.1 Å². The van der Waals surface area contributed by atoms with Gasteiger partial charge in [-0.05, 0) is 12.5 Å². The molecule has 0 aliphatic carbocycles. The van der Waals surface area contributed by atoms with Crippen LogP contribution in [-0.4, -0.2) is 19.9 Å². The SMILES string of the molecule is Cc1ccc([N+](=O)[O-])cc1-n1cc(CBr)nn1. The van der Waals surface area contributed by atoms with Gasteiger partial charge in [0.05, 0.1) is 22.5 Å². The number of hydrogen-bond donors (Lipinski definition) is 0. The third-order valence-electron chi connectivity index (χ3n) is 2.33. The number of benzene rings is 1. The van der Waals surface area contributed by atoms with Crippen LogP contribution in [0.1, 0.15) is 11.3 Å². The Kier molecular flexibility index (Phi) is 3.19. The summed E-state index contributed by atoms with van der Waals surface area (Å²) >= 11 is 3.28. The fourth-order valence-electron chi connectivity index (χ4n) is 1.44. The third-order valence-corrected chi connectivity index (χ3v) is 2.90. The Hall–Kier alpha value is -1.76. The quantitative estimate of drug-likeness (QED) is 0.495. The van der Waals surface area contributed by atoms with Crippen LogP contribution in [0.25, 0.3) is 5.69 Å². The van der Waals surface area contributed by atoms with Crippen molar-refractivity contribution in [2.45, 2.75) is 12.3 Å². The van der Waals surface area contributed by atoms with E-state index in [-0.39, 0.29) is 5.69 Å². The lowest BCUT2D eigenvalue weighted by Crippen LogP contribution is -1.99. The fraction of sp³-hybridized carbons (Fsp3) is 0.200. The molecule has 0 radical (unpaired) electrons. The zero-order valence-electron chi connectivity index (χ0n) is 9.00. The van der Waals surface area contributed by atoms with Crippen LogP contribution >= 0.6 is 15.9 Å². The second kappa shape index (κ2) is 4.62. The van der Waals surface area contributed by atoms with Crippen molar-refractivity contribution >= 4 is 21.6 Å². The monoisotopic (exact) mass is 296 g/mol. The molecule has 17 heavy (non-hydrogen) atoms. The van der Waals surface area contributed by atoms with Crippen molar-refractivity contribution in [3.8, 4) is 5.69 Å². The molecule has 1 heterocycles. The highest BCUT2D eigenvalue weighted by molar-refractivity contribution is 9.08. The van der Waals surface area contributed by atoms with Gasteiger partial charge in [-0.1, -0.05) is 27.2 Å². The molecule has 0 atom stereocenters. The van der Waals surface area contributed by atoms with E-state index in [0.717, 1.165) is 11.3 Å². The van der Waals surface area contributed by atoms with Gasteiger partial charge < -0.3 is 0 Å². The Balaban J connectivity index is 2.49. The molecule has 6 nitrogen and oxygen atoms in total. The molecular formula is C10H9BrN4O2. The van der Waals surface area contributed by atoms with E-state index in [1.165, 1.54) is 12.1 Å². The number of nitro groups is 1. The minimum atomic E-state index is -0.425. The Morgan fingerprint density at radius 3 is 2.88 bits per heavy atom. The highest BCUT2D eigenvalue weighted by Gasteiger charge is 2.11. The molecule has 0 saturated carbocycles. The number of halogens is 1. The van der Waals surface area contributed by atoms with Crippen LogP contribution in [0.2, 0.25) is 0 Å². The van der Waals surface area contributed by atoms with Gasteiger partial charge in [0, 0.05) is 17.5 Å². The molecular weight excluding hydrogens is 288 g/mol. The van der Waals surface area contributed by atoms with Gasteiger partial charge in [0.25, 0.3) is 5.69 Å². The summed E-state index contributed by atoms with van der Waals surface area (Å²) < 4.78 is 1.54. The highest BCUT2D eigenvalue weighted by Crippen LogP contribution is 2.20. The van der Waals surface area contributed by atoms with Gasteiger partial charge in [-0.25, -0.2) is 4.68 Å². The summed E-state index contributed by atoms with van der Waals surface area (Å²) in [6.07, 6.45) is 1.74. The fourth-order valence-corrected chi connectivity index (χ4v) is 1.69. The normalized spacial score (nSPS) is 10.5. The van der Waals surface area contributed by atoms with Crippen molar-refractivity contribution in [3.63, 3.8) is 0 Å². The molecule has 7 heteroatoms. The Morgan fingerprint density at radius 1 is 1.53 bits per heavy atom. The molecule has 0 bridgehead atoms. The summed E-state index contributed by atoms with van der Waals surface area (Å²) in [5.74, 6) is 0. The van der Waals surface area contributed by atoms with Gasteiger partial charge in [-0.2, -0.15) is 0 Å². The third kappa shape index (κ3) is 2.33. The smallest absolute Gasteiger partial charge is 0.258 e. The topological polar surface area (TPSA) is 73.8 Å². The van der Waals surface area contributed by atoms with E-state index in [1.54, 1.807) is 16.9 Å². The van der Waals surface area contributed by atoms with Crippen molar-refractivity contribution in [1.29, 1.82) is 0 Å². The highest BCUT2D eigenvalue weighted by atomic mass is 79.9. The number of nitrogens with zero attached hydrogens (tertiary/aromatic N) is 4. The number of aryl methyl sites for hydroxylation is 1. The standard InChI is InChI=1S/C10H9BrN4O2/c1-7-2-3-9(15(16)17)4-10(7)14-6-8(5-11)12-13-14/h2-4,6H,5H2,1H3. The molecule has 0 aliphatic heterocycles. The van der Waals surface area contributed by atoms with E-state index in [4.69, 9.17) is 0 Å². The molecule has 0 aliphatic rings.